The Morgan fingerprint density at radius 1 is 0.441 bits per heavy atom. The van der Waals surface area contributed by atoms with Gasteiger partial charge in [0.25, 0.3) is 0 Å². The van der Waals surface area contributed by atoms with Gasteiger partial charge in [0.15, 0.2) is 0 Å². The monoisotopic (exact) mass is 918 g/mol. The molecule has 6 aromatic carbocycles. The molecular weight excluding hydrogens is 879 g/mol. The van der Waals surface area contributed by atoms with E-state index in [0.717, 1.165) is 106 Å². The van der Waals surface area contributed by atoms with E-state index < -0.39 is 16.9 Å². The highest BCUT2D eigenvalue weighted by atomic mass is 31.2. The van der Waals surface area contributed by atoms with Crippen molar-refractivity contribution in [3.8, 4) is 40.8 Å². The van der Waals surface area contributed by atoms with Crippen molar-refractivity contribution in [2.75, 3.05) is 0 Å². The number of aromatic nitrogens is 4. The van der Waals surface area contributed by atoms with Gasteiger partial charge in [0.2, 0.25) is 5.69 Å². The number of rotatable bonds is 9. The molecule has 0 saturated carbocycles. The van der Waals surface area contributed by atoms with E-state index in [9.17, 15) is 15.8 Å². The molecule has 10 nitrogen and oxygen atoms in total. The van der Waals surface area contributed by atoms with Crippen LogP contribution in [0.2, 0.25) is 0 Å². The quantitative estimate of drug-likeness (QED) is 0.106. The number of para-hydroxylation sites is 4. The fourth-order valence-electron chi connectivity index (χ4n) is 10.4. The van der Waals surface area contributed by atoms with Crippen molar-refractivity contribution < 1.29 is 9.05 Å². The summed E-state index contributed by atoms with van der Waals surface area (Å²) in [7, 11) is -3.67. The van der Waals surface area contributed by atoms with Crippen molar-refractivity contribution in [1.82, 2.24) is 17.4 Å². The van der Waals surface area contributed by atoms with E-state index in [4.69, 9.17) is 15.6 Å². The number of hydrogen-bond acceptors (Lipinski definition) is 5. The third-order valence-electron chi connectivity index (χ3n) is 13.6. The highest BCUT2D eigenvalue weighted by Crippen LogP contribution is 2.56. The molecule has 2 aliphatic carbocycles. The fraction of sp³-hybridized carbons (Fsp3) is 0.143. The van der Waals surface area contributed by atoms with Crippen LogP contribution in [0.4, 0.5) is 5.69 Å². The second kappa shape index (κ2) is 17.0. The van der Waals surface area contributed by atoms with Crippen LogP contribution in [0.25, 0.3) is 59.6 Å². The topological polar surface area (TPSA) is 114 Å². The molecule has 68 heavy (non-hydrogen) atoms. The minimum absolute atomic E-state index is 0.523. The molecule has 0 bridgehead atoms. The molecule has 1 unspecified atom stereocenters. The number of aryl methyl sites for hydroxylation is 2. The Bertz CT molecular complexity index is 3430. The number of benzene rings is 6. The molecule has 1 atom stereocenters. The average Bonchev–Trinajstić information content (AvgIpc) is 4.18. The smallest absolute Gasteiger partial charge is 0.318 e. The number of hydrogen-bond donors (Lipinski definition) is 0. The summed E-state index contributed by atoms with van der Waals surface area (Å²) in [5, 5.41) is 34.7. The summed E-state index contributed by atoms with van der Waals surface area (Å²) in [4.78, 5) is 3.97. The van der Waals surface area contributed by atoms with Gasteiger partial charge >= 0.3 is 16.9 Å². The number of fused-ring (bicyclic) bond motifs is 6. The summed E-state index contributed by atoms with van der Waals surface area (Å²) in [6.45, 7) is 8.21. The minimum atomic E-state index is -1.84. The summed E-state index contributed by atoms with van der Waals surface area (Å²) in [6, 6.07) is 47.7. The average molecular weight is 919 g/mol. The van der Waals surface area contributed by atoms with Gasteiger partial charge in [-0.25, -0.2) is 4.85 Å². The van der Waals surface area contributed by atoms with E-state index in [2.05, 4.69) is 64.7 Å². The molecule has 0 fully saturated rings. The first-order valence-corrected chi connectivity index (χ1v) is 25.1. The Balaban J connectivity index is 1.12. The second-order valence-electron chi connectivity index (χ2n) is 17.3. The molecule has 0 amide bonds. The summed E-state index contributed by atoms with van der Waals surface area (Å²) in [5.41, 5.74) is 12.6. The molecular formula is C56H40N8O2P2. The van der Waals surface area contributed by atoms with Crippen LogP contribution in [0.5, 0.6) is 11.5 Å². The highest BCUT2D eigenvalue weighted by molar-refractivity contribution is 7.50. The van der Waals surface area contributed by atoms with Gasteiger partial charge < -0.3 is 9.05 Å². The maximum absolute atomic E-state index is 10.5. The largest absolute Gasteiger partial charge is 0.435 e. The van der Waals surface area contributed by atoms with E-state index in [-0.39, 0.29) is 0 Å². The lowest BCUT2D eigenvalue weighted by Crippen LogP contribution is -2.13. The summed E-state index contributed by atoms with van der Waals surface area (Å²) < 4.78 is 23.7. The summed E-state index contributed by atoms with van der Waals surface area (Å²) in [6.07, 6.45) is 15.4. The van der Waals surface area contributed by atoms with Gasteiger partial charge in [0, 0.05) is 63.0 Å². The van der Waals surface area contributed by atoms with Crippen molar-refractivity contribution in [3.05, 3.63) is 196 Å². The zero-order valence-corrected chi connectivity index (χ0v) is 38.6. The molecule has 0 radical (unpaired) electrons. The minimum Gasteiger partial charge on any atom is -0.435 e. The van der Waals surface area contributed by atoms with Gasteiger partial charge in [0.1, 0.15) is 29.7 Å². The van der Waals surface area contributed by atoms with Crippen molar-refractivity contribution >= 4 is 66.2 Å². The highest BCUT2D eigenvalue weighted by Gasteiger charge is 2.33. The Hall–Kier alpha value is -8.10. The van der Waals surface area contributed by atoms with Crippen LogP contribution >= 0.6 is 16.9 Å². The molecule has 12 rings (SSSR count). The first kappa shape index (κ1) is 41.3. The van der Waals surface area contributed by atoms with Crippen LogP contribution in [0, 0.1) is 40.6 Å². The molecule has 0 spiro atoms. The first-order chi connectivity index (χ1) is 33.6. The van der Waals surface area contributed by atoms with E-state index in [1.54, 1.807) is 0 Å². The first-order valence-electron chi connectivity index (χ1n) is 22.8. The van der Waals surface area contributed by atoms with E-state index in [1.165, 1.54) is 22.3 Å². The number of nitrogens with zero attached hydrogens (tertiary/aromatic N) is 8. The molecule has 12 heteroatoms. The lowest BCUT2D eigenvalue weighted by Gasteiger charge is -2.31. The van der Waals surface area contributed by atoms with Gasteiger partial charge in [0.05, 0.1) is 39.8 Å². The maximum atomic E-state index is 10.5. The lowest BCUT2D eigenvalue weighted by atomic mass is 9.80. The van der Waals surface area contributed by atoms with Crippen molar-refractivity contribution in [3.63, 3.8) is 0 Å². The summed E-state index contributed by atoms with van der Waals surface area (Å²) in [5.74, 6) is 1.39. The normalized spacial score (nSPS) is 13.7. The zero-order valence-electron chi connectivity index (χ0n) is 36.8. The van der Waals surface area contributed by atoms with Gasteiger partial charge in [-0.1, -0.05) is 84.9 Å². The van der Waals surface area contributed by atoms with Crippen LogP contribution in [-0.4, -0.2) is 17.4 Å². The predicted octanol–water partition coefficient (Wildman–Crippen LogP) is 14.5. The molecule has 0 aliphatic heterocycles. The molecule has 10 aromatic rings. The van der Waals surface area contributed by atoms with Gasteiger partial charge in [-0.05, 0) is 110 Å². The van der Waals surface area contributed by atoms with Gasteiger partial charge in [-0.3, -0.25) is 17.4 Å². The van der Waals surface area contributed by atoms with Crippen molar-refractivity contribution in [2.45, 2.75) is 51.4 Å². The molecule has 0 saturated heterocycles. The van der Waals surface area contributed by atoms with Gasteiger partial charge in [-0.15, -0.1) is 0 Å². The second-order valence-corrected chi connectivity index (χ2v) is 20.4. The Labute approximate surface area is 395 Å². The number of nitriles is 3. The maximum Gasteiger partial charge on any atom is 0.318 e. The van der Waals surface area contributed by atoms with Crippen molar-refractivity contribution in [2.24, 2.45) is 0 Å². The van der Waals surface area contributed by atoms with E-state index >= 15 is 0 Å². The Morgan fingerprint density at radius 3 is 1.19 bits per heavy atom. The molecule has 2 aliphatic rings. The van der Waals surface area contributed by atoms with Crippen LogP contribution < -0.4 is 9.05 Å². The Morgan fingerprint density at radius 2 is 0.794 bits per heavy atom. The van der Waals surface area contributed by atoms with Crippen molar-refractivity contribution in [1.29, 1.82) is 15.8 Å². The van der Waals surface area contributed by atoms with Gasteiger partial charge in [-0.2, -0.15) is 15.8 Å². The SMILES string of the molecule is [C-]#[N+]c1cn(P(Oc2ccc3c(c2-c2c(OP(n4cc(C#N)c5ccccc54)n4cc(C#N)c5ccccc54)ccc4c2CCCC4)CCCC3)n2cc(C#N)c3ccccc32)c2ccccc12. The molecule has 0 N–H and O–H groups in total. The standard InChI is InChI=1S/C56H40N8O2P2/c1-60-48-36-64(52-25-13-9-21-47(48)52)68(63-35-41(32-59)44-18-8-12-24-51(44)63)66-54-29-27-38-15-3-5-20-46(38)56(54)55-45-19-4-2-14-37(45)26-28-53(55)65-67(61-33-39(30-57)42-16-6-10-22-49(42)61)62-34-40(31-58)43-17-7-11-23-50(43)62/h6-13,16-18,21-29,33-36H,2-5,14-15,19-20H2. The van der Waals surface area contributed by atoms with E-state index in [0.29, 0.717) is 33.9 Å². The molecule has 4 heterocycles. The molecule has 326 valence electrons. The van der Waals surface area contributed by atoms with Crippen LogP contribution in [-0.2, 0) is 25.7 Å². The van der Waals surface area contributed by atoms with E-state index in [1.807, 2.05) is 122 Å². The summed E-state index contributed by atoms with van der Waals surface area (Å²) >= 11 is 0. The molecule has 4 aromatic heterocycles. The van der Waals surface area contributed by atoms with Crippen LogP contribution in [0.1, 0.15) is 64.6 Å². The predicted molar refractivity (Wildman–Crippen MR) is 270 cm³/mol. The zero-order chi connectivity index (χ0) is 45.9. The lowest BCUT2D eigenvalue weighted by molar-refractivity contribution is 0.582. The third kappa shape index (κ3) is 6.65. The Kier molecular flexibility index (Phi) is 10.3. The third-order valence-corrected chi connectivity index (χ3v) is 17.1. The fourth-order valence-corrected chi connectivity index (χ4v) is 14.1. The van der Waals surface area contributed by atoms with Crippen LogP contribution in [0.3, 0.4) is 0 Å². The van der Waals surface area contributed by atoms with Crippen LogP contribution in [0.15, 0.2) is 146 Å².